The lowest BCUT2D eigenvalue weighted by molar-refractivity contribution is 0.242. The highest BCUT2D eigenvalue weighted by Crippen LogP contribution is 2.18. The van der Waals surface area contributed by atoms with Gasteiger partial charge in [-0.1, -0.05) is 48.2 Å². The maximum absolute atomic E-state index is 11.8. The van der Waals surface area contributed by atoms with E-state index in [0.717, 1.165) is 35.5 Å². The Labute approximate surface area is 166 Å². The first kappa shape index (κ1) is 20.9. The highest BCUT2D eigenvalue weighted by molar-refractivity contribution is 5.74. The van der Waals surface area contributed by atoms with Crippen LogP contribution in [0.4, 0.5) is 4.79 Å². The number of ether oxygens (including phenoxy) is 2. The van der Waals surface area contributed by atoms with Gasteiger partial charge in [0.2, 0.25) is 0 Å². The molecule has 0 heterocycles. The molecule has 146 valence electrons. The molecule has 2 rings (SSSR count). The summed E-state index contributed by atoms with van der Waals surface area (Å²) in [7, 11) is 1.64. The lowest BCUT2D eigenvalue weighted by Gasteiger charge is -2.07. The molecule has 0 aliphatic carbocycles. The van der Waals surface area contributed by atoms with Crippen molar-refractivity contribution < 1.29 is 14.3 Å². The van der Waals surface area contributed by atoms with Gasteiger partial charge >= 0.3 is 6.03 Å². The standard InChI is InChI=1S/C23H26N2O3/c1-3-8-20-9-4-5-10-22(20)28-18-7-6-16-24-23(26)25-17-15-19-11-13-21(27-2)14-12-19/h3-5,9-14H,1,8,15-18H2,2H3,(H2,24,25,26). The van der Waals surface area contributed by atoms with Gasteiger partial charge in [0, 0.05) is 6.54 Å². The van der Waals surface area contributed by atoms with Crippen molar-refractivity contribution in [2.24, 2.45) is 0 Å². The minimum absolute atomic E-state index is 0.236. The van der Waals surface area contributed by atoms with Gasteiger partial charge in [0.05, 0.1) is 13.7 Å². The number of allylic oxidation sites excluding steroid dienone is 1. The Kier molecular flexibility index (Phi) is 9.02. The average Bonchev–Trinajstić information content (AvgIpc) is 2.72. The normalized spacial score (nSPS) is 9.61. The highest BCUT2D eigenvalue weighted by Gasteiger charge is 2.00. The summed E-state index contributed by atoms with van der Waals surface area (Å²) in [6.45, 7) is 4.84. The van der Waals surface area contributed by atoms with Crippen LogP contribution in [0.15, 0.2) is 61.2 Å². The second kappa shape index (κ2) is 12.1. The van der Waals surface area contributed by atoms with Gasteiger partial charge in [0.25, 0.3) is 0 Å². The predicted octanol–water partition coefficient (Wildman–Crippen LogP) is 3.35. The van der Waals surface area contributed by atoms with Crippen molar-refractivity contribution in [3.05, 3.63) is 72.3 Å². The van der Waals surface area contributed by atoms with Crippen molar-refractivity contribution in [2.75, 3.05) is 26.8 Å². The van der Waals surface area contributed by atoms with Crippen LogP contribution in [0.25, 0.3) is 0 Å². The van der Waals surface area contributed by atoms with Crippen molar-refractivity contribution in [3.8, 4) is 23.3 Å². The summed E-state index contributed by atoms with van der Waals surface area (Å²) < 4.78 is 10.8. The number of para-hydroxylation sites is 1. The number of rotatable bonds is 9. The van der Waals surface area contributed by atoms with Gasteiger partial charge < -0.3 is 20.1 Å². The summed E-state index contributed by atoms with van der Waals surface area (Å²) in [4.78, 5) is 11.8. The Bertz CT molecular complexity index is 820. The molecule has 2 aromatic rings. The average molecular weight is 378 g/mol. The van der Waals surface area contributed by atoms with E-state index in [4.69, 9.17) is 9.47 Å². The summed E-state index contributed by atoms with van der Waals surface area (Å²) in [6, 6.07) is 15.3. The molecule has 2 amide bonds. The summed E-state index contributed by atoms with van der Waals surface area (Å²) in [5, 5.41) is 5.51. The van der Waals surface area contributed by atoms with Gasteiger partial charge in [-0.2, -0.15) is 0 Å². The van der Waals surface area contributed by atoms with E-state index >= 15 is 0 Å². The van der Waals surface area contributed by atoms with E-state index in [2.05, 4.69) is 29.1 Å². The van der Waals surface area contributed by atoms with Gasteiger partial charge in [0.1, 0.15) is 18.1 Å². The van der Waals surface area contributed by atoms with E-state index in [1.807, 2.05) is 54.6 Å². The lowest BCUT2D eigenvalue weighted by atomic mass is 10.1. The molecule has 2 N–H and O–H groups in total. The molecular formula is C23H26N2O3. The maximum atomic E-state index is 11.8. The summed E-state index contributed by atoms with van der Waals surface area (Å²) in [5.41, 5.74) is 2.21. The van der Waals surface area contributed by atoms with Crippen LogP contribution >= 0.6 is 0 Å². The summed E-state index contributed by atoms with van der Waals surface area (Å²) in [6.07, 6.45) is 3.34. The monoisotopic (exact) mass is 378 g/mol. The number of urea groups is 1. The molecule has 0 aliphatic rings. The number of hydrogen-bond donors (Lipinski definition) is 2. The molecule has 5 heteroatoms. The molecule has 0 bridgehead atoms. The van der Waals surface area contributed by atoms with Crippen LogP contribution < -0.4 is 20.1 Å². The quantitative estimate of drug-likeness (QED) is 0.520. The number of nitrogens with one attached hydrogen (secondary N) is 2. The molecule has 0 aromatic heterocycles. The number of hydrogen-bond acceptors (Lipinski definition) is 3. The zero-order chi connectivity index (χ0) is 20.0. The predicted molar refractivity (Wildman–Crippen MR) is 112 cm³/mol. The van der Waals surface area contributed by atoms with Gasteiger partial charge in [-0.3, -0.25) is 0 Å². The number of amides is 2. The number of carbonyl (C=O) groups excluding carboxylic acids is 1. The Hall–Kier alpha value is -3.39. The number of benzene rings is 2. The molecular weight excluding hydrogens is 352 g/mol. The molecule has 0 saturated carbocycles. The fraction of sp³-hybridized carbons (Fsp3) is 0.261. The van der Waals surface area contributed by atoms with Crippen molar-refractivity contribution in [2.45, 2.75) is 12.8 Å². The number of carbonyl (C=O) groups is 1. The van der Waals surface area contributed by atoms with Crippen LogP contribution in [-0.2, 0) is 12.8 Å². The van der Waals surface area contributed by atoms with Crippen molar-refractivity contribution in [1.82, 2.24) is 10.6 Å². The smallest absolute Gasteiger partial charge is 0.315 e. The zero-order valence-electron chi connectivity index (χ0n) is 16.2. The van der Waals surface area contributed by atoms with E-state index in [0.29, 0.717) is 6.54 Å². The molecule has 0 spiro atoms. The van der Waals surface area contributed by atoms with Crippen LogP contribution in [0, 0.1) is 11.8 Å². The summed E-state index contributed by atoms with van der Waals surface area (Å²) >= 11 is 0. The van der Waals surface area contributed by atoms with Crippen LogP contribution in [0.3, 0.4) is 0 Å². The second-order valence-corrected chi connectivity index (χ2v) is 5.95. The van der Waals surface area contributed by atoms with E-state index in [1.165, 1.54) is 0 Å². The van der Waals surface area contributed by atoms with Gasteiger partial charge in [0.15, 0.2) is 0 Å². The van der Waals surface area contributed by atoms with Crippen LogP contribution in [0.2, 0.25) is 0 Å². The van der Waals surface area contributed by atoms with Crippen LogP contribution in [-0.4, -0.2) is 32.8 Å². The molecule has 0 atom stereocenters. The Morgan fingerprint density at radius 1 is 1.11 bits per heavy atom. The Balaban J connectivity index is 1.61. The fourth-order valence-corrected chi connectivity index (χ4v) is 2.50. The van der Waals surface area contributed by atoms with Gasteiger partial charge in [-0.15, -0.1) is 6.58 Å². The fourth-order valence-electron chi connectivity index (χ4n) is 2.50. The molecule has 0 fully saturated rings. The minimum atomic E-state index is -0.236. The first-order valence-electron chi connectivity index (χ1n) is 9.15. The van der Waals surface area contributed by atoms with E-state index in [-0.39, 0.29) is 19.2 Å². The minimum Gasteiger partial charge on any atom is -0.497 e. The molecule has 2 aromatic carbocycles. The lowest BCUT2D eigenvalue weighted by Crippen LogP contribution is -2.36. The molecule has 5 nitrogen and oxygen atoms in total. The third-order valence-electron chi connectivity index (χ3n) is 3.96. The molecule has 0 radical (unpaired) electrons. The maximum Gasteiger partial charge on any atom is 0.315 e. The van der Waals surface area contributed by atoms with E-state index in [1.54, 1.807) is 7.11 Å². The van der Waals surface area contributed by atoms with Crippen LogP contribution in [0.5, 0.6) is 11.5 Å². The third-order valence-corrected chi connectivity index (χ3v) is 3.96. The Morgan fingerprint density at radius 3 is 2.64 bits per heavy atom. The Morgan fingerprint density at radius 2 is 1.89 bits per heavy atom. The van der Waals surface area contributed by atoms with Crippen LogP contribution in [0.1, 0.15) is 11.1 Å². The topological polar surface area (TPSA) is 59.6 Å². The second-order valence-electron chi connectivity index (χ2n) is 5.95. The van der Waals surface area contributed by atoms with Gasteiger partial charge in [-0.05, 0) is 42.2 Å². The SMILES string of the molecule is C=CCc1ccccc1OCC#CCNC(=O)NCCc1ccc(OC)cc1. The molecule has 0 aliphatic heterocycles. The first-order chi connectivity index (χ1) is 13.7. The van der Waals surface area contributed by atoms with Crippen molar-refractivity contribution in [3.63, 3.8) is 0 Å². The third kappa shape index (κ3) is 7.46. The van der Waals surface area contributed by atoms with E-state index in [9.17, 15) is 4.79 Å². The van der Waals surface area contributed by atoms with E-state index < -0.39 is 0 Å². The highest BCUT2D eigenvalue weighted by atomic mass is 16.5. The number of methoxy groups -OCH3 is 1. The first-order valence-corrected chi connectivity index (χ1v) is 9.15. The largest absolute Gasteiger partial charge is 0.497 e. The molecule has 0 unspecified atom stereocenters. The summed E-state index contributed by atoms with van der Waals surface area (Å²) in [5.74, 6) is 7.40. The van der Waals surface area contributed by atoms with Crippen molar-refractivity contribution in [1.29, 1.82) is 0 Å². The molecule has 28 heavy (non-hydrogen) atoms. The van der Waals surface area contributed by atoms with Gasteiger partial charge in [-0.25, -0.2) is 4.79 Å². The zero-order valence-corrected chi connectivity index (χ0v) is 16.2. The van der Waals surface area contributed by atoms with Crippen molar-refractivity contribution >= 4 is 6.03 Å². The molecule has 0 saturated heterocycles.